The van der Waals surface area contributed by atoms with Crippen LogP contribution in [0.4, 0.5) is 0 Å². The van der Waals surface area contributed by atoms with Gasteiger partial charge in [-0.1, -0.05) is 6.07 Å². The number of esters is 2. The van der Waals surface area contributed by atoms with Crippen LogP contribution < -0.4 is 5.43 Å². The topological polar surface area (TPSA) is 88.2 Å². The first-order valence-corrected chi connectivity index (χ1v) is 10.9. The zero-order valence-electron chi connectivity index (χ0n) is 18.0. The van der Waals surface area contributed by atoms with Gasteiger partial charge in [0, 0.05) is 18.7 Å². The minimum absolute atomic E-state index is 0.0546. The molecule has 2 saturated heterocycles. The zero-order valence-corrected chi connectivity index (χ0v) is 18.0. The predicted octanol–water partition coefficient (Wildman–Crippen LogP) is 1.47. The van der Waals surface area contributed by atoms with Crippen LogP contribution in [-0.4, -0.2) is 60.5 Å². The third kappa shape index (κ3) is 3.25. The molecule has 2 fully saturated rings. The first-order valence-electron chi connectivity index (χ1n) is 10.9. The number of amides is 1. The lowest BCUT2D eigenvalue weighted by molar-refractivity contribution is -0.139. The van der Waals surface area contributed by atoms with E-state index in [-0.39, 0.29) is 24.5 Å². The second kappa shape index (κ2) is 7.46. The van der Waals surface area contributed by atoms with E-state index in [1.807, 2.05) is 12.1 Å². The van der Waals surface area contributed by atoms with Crippen molar-refractivity contribution in [3.63, 3.8) is 0 Å². The molecule has 0 aromatic heterocycles. The molecule has 0 bridgehead atoms. The summed E-state index contributed by atoms with van der Waals surface area (Å²) in [6.45, 7) is 7.54. The fourth-order valence-corrected chi connectivity index (χ4v) is 5.08. The van der Waals surface area contributed by atoms with Gasteiger partial charge in [-0.3, -0.25) is 4.79 Å². The lowest BCUT2D eigenvalue weighted by atomic mass is 9.78. The van der Waals surface area contributed by atoms with Gasteiger partial charge in [-0.25, -0.2) is 20.0 Å². The maximum atomic E-state index is 13.2. The van der Waals surface area contributed by atoms with Crippen LogP contribution in [0.2, 0.25) is 0 Å². The number of cyclic esters (lactones) is 2. The van der Waals surface area contributed by atoms with Crippen molar-refractivity contribution < 1.29 is 23.9 Å². The Morgan fingerprint density at radius 3 is 2.48 bits per heavy atom. The third-order valence-electron chi connectivity index (χ3n) is 7.37. The number of likely N-dealkylation sites (tertiary alicyclic amines) is 1. The van der Waals surface area contributed by atoms with Crippen LogP contribution >= 0.6 is 0 Å². The number of rotatable bonds is 4. The fourth-order valence-electron chi connectivity index (χ4n) is 5.08. The molecular formula is C23H27N3O5. The van der Waals surface area contributed by atoms with Gasteiger partial charge in [0.1, 0.15) is 13.2 Å². The summed E-state index contributed by atoms with van der Waals surface area (Å²) in [5, 5.41) is 1.55. The molecule has 164 valence electrons. The molecule has 0 radical (unpaired) electrons. The second-order valence-corrected chi connectivity index (χ2v) is 8.95. The zero-order chi connectivity index (χ0) is 21.8. The number of fused-ring (bicyclic) bond motifs is 1. The fraction of sp³-hybridized carbons (Fsp3) is 0.522. The van der Waals surface area contributed by atoms with E-state index < -0.39 is 5.41 Å². The highest BCUT2D eigenvalue weighted by Crippen LogP contribution is 2.38. The normalized spacial score (nSPS) is 23.0. The van der Waals surface area contributed by atoms with E-state index in [4.69, 9.17) is 9.47 Å². The van der Waals surface area contributed by atoms with Gasteiger partial charge in [-0.15, -0.1) is 0 Å². The molecule has 31 heavy (non-hydrogen) atoms. The summed E-state index contributed by atoms with van der Waals surface area (Å²) in [4.78, 5) is 39.0. The van der Waals surface area contributed by atoms with Gasteiger partial charge in [0.05, 0.1) is 22.2 Å². The molecule has 1 spiro atoms. The van der Waals surface area contributed by atoms with Crippen LogP contribution in [0.25, 0.3) is 0 Å². The number of carbonyl (C=O) groups excluding carboxylic acids is 3. The van der Waals surface area contributed by atoms with Crippen LogP contribution in [0.1, 0.15) is 46.8 Å². The van der Waals surface area contributed by atoms with Crippen molar-refractivity contribution in [1.29, 1.82) is 0 Å². The van der Waals surface area contributed by atoms with E-state index in [0.717, 1.165) is 50.0 Å². The van der Waals surface area contributed by atoms with Gasteiger partial charge in [-0.05, 0) is 63.4 Å². The number of benzene rings is 1. The Hall–Kier alpha value is -2.71. The summed E-state index contributed by atoms with van der Waals surface area (Å²) in [7, 11) is 0. The maximum Gasteiger partial charge on any atom is 0.338 e. The summed E-state index contributed by atoms with van der Waals surface area (Å²) in [5.74, 6) is -0.522. The SMILES string of the molecule is CC1=C(N2NCC3(CCN(CCc4ccc5c(c4C)COC5=O)CC3)C2=O)COC1=O. The Bertz CT molecular complexity index is 1010. The van der Waals surface area contributed by atoms with Crippen LogP contribution in [-0.2, 0) is 32.1 Å². The van der Waals surface area contributed by atoms with Crippen LogP contribution in [0, 0.1) is 12.3 Å². The number of nitrogens with zero attached hydrogens (tertiary/aromatic N) is 2. The Labute approximate surface area is 181 Å². The van der Waals surface area contributed by atoms with Gasteiger partial charge in [0.2, 0.25) is 5.91 Å². The van der Waals surface area contributed by atoms with Crippen molar-refractivity contribution in [3.05, 3.63) is 45.7 Å². The molecule has 0 aliphatic carbocycles. The average Bonchev–Trinajstić information content (AvgIpc) is 3.41. The lowest BCUT2D eigenvalue weighted by Crippen LogP contribution is -2.46. The molecule has 4 aliphatic heterocycles. The number of ether oxygens (including phenoxy) is 2. The summed E-state index contributed by atoms with van der Waals surface area (Å²) in [6, 6.07) is 3.92. The van der Waals surface area contributed by atoms with E-state index in [1.54, 1.807) is 11.9 Å². The lowest BCUT2D eigenvalue weighted by Gasteiger charge is -2.37. The molecule has 1 N–H and O–H groups in total. The molecule has 4 aliphatic rings. The first kappa shape index (κ1) is 20.2. The highest BCUT2D eigenvalue weighted by atomic mass is 16.5. The Morgan fingerprint density at radius 2 is 1.77 bits per heavy atom. The number of hydrogen-bond donors (Lipinski definition) is 1. The van der Waals surface area contributed by atoms with E-state index in [2.05, 4.69) is 17.2 Å². The van der Waals surface area contributed by atoms with E-state index >= 15 is 0 Å². The van der Waals surface area contributed by atoms with Crippen LogP contribution in [0.5, 0.6) is 0 Å². The van der Waals surface area contributed by atoms with Gasteiger partial charge >= 0.3 is 11.9 Å². The quantitative estimate of drug-likeness (QED) is 0.731. The second-order valence-electron chi connectivity index (χ2n) is 8.95. The van der Waals surface area contributed by atoms with E-state index in [1.165, 1.54) is 5.56 Å². The van der Waals surface area contributed by atoms with Crippen molar-refractivity contribution in [1.82, 2.24) is 15.3 Å². The monoisotopic (exact) mass is 425 g/mol. The van der Waals surface area contributed by atoms with Crippen molar-refractivity contribution in [2.24, 2.45) is 5.41 Å². The maximum absolute atomic E-state index is 13.2. The highest BCUT2D eigenvalue weighted by molar-refractivity contribution is 5.94. The minimum Gasteiger partial charge on any atom is -0.457 e. The molecule has 4 heterocycles. The predicted molar refractivity (Wildman–Crippen MR) is 111 cm³/mol. The van der Waals surface area contributed by atoms with Crippen LogP contribution in [0.3, 0.4) is 0 Å². The minimum atomic E-state index is -0.406. The van der Waals surface area contributed by atoms with Crippen molar-refractivity contribution in [3.8, 4) is 0 Å². The summed E-state index contributed by atoms with van der Waals surface area (Å²) in [6.07, 6.45) is 2.49. The summed E-state index contributed by atoms with van der Waals surface area (Å²) in [5.41, 5.74) is 8.05. The van der Waals surface area contributed by atoms with Crippen molar-refractivity contribution in [2.45, 2.75) is 39.7 Å². The average molecular weight is 425 g/mol. The molecule has 0 saturated carbocycles. The van der Waals surface area contributed by atoms with Crippen LogP contribution in [0.15, 0.2) is 23.4 Å². The van der Waals surface area contributed by atoms with E-state index in [0.29, 0.717) is 30.0 Å². The Balaban J connectivity index is 1.20. The molecule has 1 aromatic rings. The Morgan fingerprint density at radius 1 is 1.03 bits per heavy atom. The van der Waals surface area contributed by atoms with Gasteiger partial charge in [0.25, 0.3) is 0 Å². The number of piperidine rings is 1. The standard InChI is InChI=1S/C23H27N3O5/c1-14-16(3-4-17-18(14)11-30-21(17)28)5-8-25-9-6-23(7-10-25)13-24-26(22(23)29)19-12-31-20(27)15(19)2/h3-4,24H,5-13H2,1-2H3. The third-order valence-corrected chi connectivity index (χ3v) is 7.37. The van der Waals surface area contributed by atoms with Crippen molar-refractivity contribution >= 4 is 17.8 Å². The van der Waals surface area contributed by atoms with Gasteiger partial charge < -0.3 is 14.4 Å². The Kier molecular flexibility index (Phi) is 4.86. The molecule has 8 nitrogen and oxygen atoms in total. The van der Waals surface area contributed by atoms with Crippen molar-refractivity contribution in [2.75, 3.05) is 32.8 Å². The van der Waals surface area contributed by atoms with E-state index in [9.17, 15) is 14.4 Å². The molecule has 5 rings (SSSR count). The highest BCUT2D eigenvalue weighted by Gasteiger charge is 2.50. The summed E-state index contributed by atoms with van der Waals surface area (Å²) >= 11 is 0. The first-order chi connectivity index (χ1) is 14.9. The number of nitrogens with one attached hydrogen (secondary N) is 1. The van der Waals surface area contributed by atoms with Gasteiger partial charge in [-0.2, -0.15) is 0 Å². The largest absolute Gasteiger partial charge is 0.457 e. The summed E-state index contributed by atoms with van der Waals surface area (Å²) < 4.78 is 10.2. The van der Waals surface area contributed by atoms with Gasteiger partial charge in [0.15, 0.2) is 0 Å². The molecule has 1 amide bonds. The molecule has 8 heteroatoms. The molecule has 0 unspecified atom stereocenters. The number of carbonyl (C=O) groups is 3. The smallest absolute Gasteiger partial charge is 0.338 e. The molecular weight excluding hydrogens is 398 g/mol. The molecule has 0 atom stereocenters. The number of hydrazine groups is 1. The number of hydrogen-bond acceptors (Lipinski definition) is 7. The molecule has 1 aromatic carbocycles.